The van der Waals surface area contributed by atoms with E-state index in [1.807, 2.05) is 43.5 Å². The minimum absolute atomic E-state index is 0.464. The number of aromatic nitrogens is 3. The van der Waals surface area contributed by atoms with E-state index in [1.54, 1.807) is 0 Å². The molecule has 0 aromatic carbocycles. The molecule has 0 N–H and O–H groups in total. The monoisotopic (exact) mass is 402 g/mol. The molecule has 2 fully saturated rings. The van der Waals surface area contributed by atoms with Gasteiger partial charge in [0.05, 0.1) is 10.5 Å². The van der Waals surface area contributed by atoms with Crippen molar-refractivity contribution in [3.05, 3.63) is 35.1 Å². The van der Waals surface area contributed by atoms with Gasteiger partial charge in [-0.05, 0) is 52.9 Å². The number of anilines is 3. The van der Waals surface area contributed by atoms with Gasteiger partial charge in [-0.3, -0.25) is 0 Å². The van der Waals surface area contributed by atoms with Crippen molar-refractivity contribution in [2.24, 2.45) is 5.92 Å². The Balaban J connectivity index is 1.57. The molecule has 0 spiro atoms. The standard InChI is InChI=1S/C18H23BrN6/c1-23(2)16-5-9-21-18(22-16)24-10-6-13-7-11-25(15(13)12-24)17-14(19)4-3-8-20-17/h3-5,8-9,13,15H,6-7,10-12H2,1-2H3. The van der Waals surface area contributed by atoms with Gasteiger partial charge in [-0.25, -0.2) is 9.97 Å². The maximum Gasteiger partial charge on any atom is 0.227 e. The summed E-state index contributed by atoms with van der Waals surface area (Å²) in [5.74, 6) is 3.56. The van der Waals surface area contributed by atoms with E-state index in [0.717, 1.165) is 47.6 Å². The van der Waals surface area contributed by atoms with E-state index in [9.17, 15) is 0 Å². The number of piperidine rings is 1. The van der Waals surface area contributed by atoms with Gasteiger partial charge in [0.25, 0.3) is 0 Å². The van der Waals surface area contributed by atoms with Gasteiger partial charge in [0.15, 0.2) is 0 Å². The molecule has 4 rings (SSSR count). The lowest BCUT2D eigenvalue weighted by Gasteiger charge is -2.39. The van der Waals surface area contributed by atoms with Crippen molar-refractivity contribution in [2.75, 3.05) is 48.4 Å². The Morgan fingerprint density at radius 2 is 1.96 bits per heavy atom. The van der Waals surface area contributed by atoms with E-state index in [0.29, 0.717) is 6.04 Å². The first-order valence-electron chi connectivity index (χ1n) is 8.76. The molecule has 7 heteroatoms. The zero-order valence-corrected chi connectivity index (χ0v) is 16.2. The second kappa shape index (κ2) is 6.78. The molecular weight excluding hydrogens is 380 g/mol. The number of rotatable bonds is 3. The highest BCUT2D eigenvalue weighted by molar-refractivity contribution is 9.10. The lowest BCUT2D eigenvalue weighted by atomic mass is 9.92. The number of hydrogen-bond donors (Lipinski definition) is 0. The Morgan fingerprint density at radius 1 is 1.12 bits per heavy atom. The molecule has 2 aliphatic heterocycles. The van der Waals surface area contributed by atoms with E-state index >= 15 is 0 Å². The number of pyridine rings is 1. The Kier molecular flexibility index (Phi) is 4.50. The number of nitrogens with zero attached hydrogens (tertiary/aromatic N) is 6. The van der Waals surface area contributed by atoms with Crippen molar-refractivity contribution in [1.29, 1.82) is 0 Å². The smallest absolute Gasteiger partial charge is 0.227 e. The van der Waals surface area contributed by atoms with Gasteiger partial charge in [-0.2, -0.15) is 4.98 Å². The summed E-state index contributed by atoms with van der Waals surface area (Å²) >= 11 is 3.66. The molecule has 2 aromatic rings. The second-order valence-corrected chi connectivity index (χ2v) is 7.82. The van der Waals surface area contributed by atoms with Crippen molar-refractivity contribution in [1.82, 2.24) is 15.0 Å². The summed E-state index contributed by atoms with van der Waals surface area (Å²) in [4.78, 5) is 20.6. The van der Waals surface area contributed by atoms with Crippen molar-refractivity contribution in [3.8, 4) is 0 Å². The third-order valence-corrected chi connectivity index (χ3v) is 5.86. The summed E-state index contributed by atoms with van der Waals surface area (Å²) < 4.78 is 1.07. The lowest BCUT2D eigenvalue weighted by Crippen LogP contribution is -2.49. The summed E-state index contributed by atoms with van der Waals surface area (Å²) in [6.07, 6.45) is 6.14. The van der Waals surface area contributed by atoms with Crippen LogP contribution in [0.5, 0.6) is 0 Å². The summed E-state index contributed by atoms with van der Waals surface area (Å²) in [6, 6.07) is 6.45. The predicted molar refractivity (Wildman–Crippen MR) is 104 cm³/mol. The molecule has 0 aliphatic carbocycles. The molecule has 0 amide bonds. The van der Waals surface area contributed by atoms with Crippen LogP contribution in [0.3, 0.4) is 0 Å². The van der Waals surface area contributed by atoms with Crippen LogP contribution < -0.4 is 14.7 Å². The first-order valence-corrected chi connectivity index (χ1v) is 9.55. The number of hydrogen-bond acceptors (Lipinski definition) is 6. The van der Waals surface area contributed by atoms with Crippen LogP contribution in [-0.2, 0) is 0 Å². The van der Waals surface area contributed by atoms with Gasteiger partial charge < -0.3 is 14.7 Å². The molecule has 132 valence electrons. The Bertz CT molecular complexity index is 752. The summed E-state index contributed by atoms with van der Waals surface area (Å²) in [7, 11) is 4.02. The molecule has 6 nitrogen and oxygen atoms in total. The van der Waals surface area contributed by atoms with Gasteiger partial charge in [0.2, 0.25) is 5.95 Å². The van der Waals surface area contributed by atoms with E-state index in [1.165, 1.54) is 12.8 Å². The molecule has 2 saturated heterocycles. The van der Waals surface area contributed by atoms with Crippen LogP contribution in [0.25, 0.3) is 0 Å². The number of halogens is 1. The molecular formula is C18H23BrN6. The zero-order chi connectivity index (χ0) is 17.4. The van der Waals surface area contributed by atoms with E-state index in [4.69, 9.17) is 4.98 Å². The highest BCUT2D eigenvalue weighted by atomic mass is 79.9. The molecule has 0 radical (unpaired) electrons. The van der Waals surface area contributed by atoms with Crippen LogP contribution >= 0.6 is 15.9 Å². The molecule has 2 aliphatic rings. The second-order valence-electron chi connectivity index (χ2n) is 6.96. The van der Waals surface area contributed by atoms with Crippen molar-refractivity contribution >= 4 is 33.5 Å². The molecule has 0 saturated carbocycles. The highest BCUT2D eigenvalue weighted by Gasteiger charge is 2.40. The summed E-state index contributed by atoms with van der Waals surface area (Å²) in [5, 5.41) is 0. The Morgan fingerprint density at radius 3 is 2.76 bits per heavy atom. The van der Waals surface area contributed by atoms with Crippen LogP contribution in [0.1, 0.15) is 12.8 Å². The van der Waals surface area contributed by atoms with Crippen LogP contribution in [0.2, 0.25) is 0 Å². The predicted octanol–water partition coefficient (Wildman–Crippen LogP) is 2.81. The molecule has 0 bridgehead atoms. The minimum Gasteiger partial charge on any atom is -0.363 e. The molecule has 2 atom stereocenters. The van der Waals surface area contributed by atoms with Gasteiger partial charge in [0, 0.05) is 46.1 Å². The van der Waals surface area contributed by atoms with E-state index < -0.39 is 0 Å². The molecule has 4 heterocycles. The quantitative estimate of drug-likeness (QED) is 0.786. The minimum atomic E-state index is 0.464. The average molecular weight is 403 g/mol. The average Bonchev–Trinajstić information content (AvgIpc) is 3.05. The third-order valence-electron chi connectivity index (χ3n) is 5.24. The van der Waals surface area contributed by atoms with E-state index in [-0.39, 0.29) is 0 Å². The maximum atomic E-state index is 4.72. The van der Waals surface area contributed by atoms with Crippen LogP contribution in [0.4, 0.5) is 17.6 Å². The third kappa shape index (κ3) is 3.17. The Labute approximate surface area is 157 Å². The fraction of sp³-hybridized carbons (Fsp3) is 0.500. The number of fused-ring (bicyclic) bond motifs is 1. The van der Waals surface area contributed by atoms with Crippen molar-refractivity contribution in [3.63, 3.8) is 0 Å². The SMILES string of the molecule is CN(C)c1ccnc(N2CCC3CCN(c4ncccc4Br)C3C2)n1. The summed E-state index contributed by atoms with van der Waals surface area (Å²) in [6.45, 7) is 3.04. The molecule has 25 heavy (non-hydrogen) atoms. The maximum absolute atomic E-state index is 4.72. The van der Waals surface area contributed by atoms with Gasteiger partial charge in [-0.15, -0.1) is 0 Å². The van der Waals surface area contributed by atoms with Crippen LogP contribution in [0.15, 0.2) is 35.1 Å². The van der Waals surface area contributed by atoms with Gasteiger partial charge in [0.1, 0.15) is 11.6 Å². The fourth-order valence-corrected chi connectivity index (χ4v) is 4.40. The molecule has 2 unspecified atom stereocenters. The largest absolute Gasteiger partial charge is 0.363 e. The Hall–Kier alpha value is -1.89. The topological polar surface area (TPSA) is 48.4 Å². The molecule has 2 aromatic heterocycles. The first kappa shape index (κ1) is 16.6. The highest BCUT2D eigenvalue weighted by Crippen LogP contribution is 2.37. The lowest BCUT2D eigenvalue weighted by molar-refractivity contribution is 0.386. The van der Waals surface area contributed by atoms with Crippen LogP contribution in [0, 0.1) is 5.92 Å². The zero-order valence-electron chi connectivity index (χ0n) is 14.6. The summed E-state index contributed by atoms with van der Waals surface area (Å²) in [5.41, 5.74) is 0. The first-order chi connectivity index (χ1) is 12.1. The normalized spacial score (nSPS) is 22.8. The van der Waals surface area contributed by atoms with Gasteiger partial charge >= 0.3 is 0 Å². The van der Waals surface area contributed by atoms with Gasteiger partial charge in [-0.1, -0.05) is 0 Å². The fourth-order valence-electron chi connectivity index (χ4n) is 3.91. The van der Waals surface area contributed by atoms with Crippen molar-refractivity contribution in [2.45, 2.75) is 18.9 Å². The van der Waals surface area contributed by atoms with E-state index in [2.05, 4.69) is 41.8 Å². The van der Waals surface area contributed by atoms with Crippen molar-refractivity contribution < 1.29 is 0 Å². The van der Waals surface area contributed by atoms with Crippen LogP contribution in [-0.4, -0.2) is 54.7 Å².